The Bertz CT molecular complexity index is 1000. The summed E-state index contributed by atoms with van der Waals surface area (Å²) in [6.45, 7) is 2.56. The van der Waals surface area contributed by atoms with Gasteiger partial charge in [0.15, 0.2) is 0 Å². The number of benzene rings is 2. The number of amides is 2. The van der Waals surface area contributed by atoms with E-state index >= 15 is 0 Å². The SMILES string of the molecule is CCc1ccc(C(=O)N2c3ccccc3[C@H](CNC(=O)CCC(=O)O)[C@H]3CCC[C@H]32)cc1. The number of nitrogens with one attached hydrogen (secondary N) is 1. The molecule has 4 rings (SSSR count). The highest BCUT2D eigenvalue weighted by atomic mass is 16.4. The van der Waals surface area contributed by atoms with Crippen molar-refractivity contribution in [2.75, 3.05) is 11.4 Å². The van der Waals surface area contributed by atoms with Gasteiger partial charge in [-0.15, -0.1) is 0 Å². The van der Waals surface area contributed by atoms with Gasteiger partial charge in [-0.1, -0.05) is 43.7 Å². The molecule has 0 bridgehead atoms. The smallest absolute Gasteiger partial charge is 0.303 e. The van der Waals surface area contributed by atoms with Gasteiger partial charge in [0, 0.05) is 36.2 Å². The number of anilines is 1. The van der Waals surface area contributed by atoms with Crippen LogP contribution in [0.25, 0.3) is 0 Å². The topological polar surface area (TPSA) is 86.7 Å². The summed E-state index contributed by atoms with van der Waals surface area (Å²) in [4.78, 5) is 38.5. The molecule has 2 aromatic rings. The molecular weight excluding hydrogens is 404 g/mol. The minimum atomic E-state index is -0.972. The van der Waals surface area contributed by atoms with Crippen LogP contribution < -0.4 is 10.2 Å². The molecule has 168 valence electrons. The van der Waals surface area contributed by atoms with Crippen LogP contribution in [0.1, 0.15) is 66.4 Å². The summed E-state index contributed by atoms with van der Waals surface area (Å²) in [5.41, 5.74) is 3.90. The number of fused-ring (bicyclic) bond motifs is 2. The third kappa shape index (κ3) is 4.40. The van der Waals surface area contributed by atoms with Gasteiger partial charge in [-0.25, -0.2) is 0 Å². The van der Waals surface area contributed by atoms with Crippen LogP contribution in [0.3, 0.4) is 0 Å². The van der Waals surface area contributed by atoms with E-state index in [4.69, 9.17) is 5.11 Å². The van der Waals surface area contributed by atoms with Crippen molar-refractivity contribution in [3.8, 4) is 0 Å². The molecule has 2 aliphatic rings. The van der Waals surface area contributed by atoms with E-state index in [0.29, 0.717) is 12.1 Å². The Hall–Kier alpha value is -3.15. The molecule has 1 fully saturated rings. The van der Waals surface area contributed by atoms with E-state index in [2.05, 4.69) is 18.3 Å². The first-order chi connectivity index (χ1) is 15.5. The number of carbonyl (C=O) groups excluding carboxylic acids is 2. The lowest BCUT2D eigenvalue weighted by molar-refractivity contribution is -0.138. The Labute approximate surface area is 188 Å². The normalized spacial score (nSPS) is 21.5. The van der Waals surface area contributed by atoms with E-state index in [1.807, 2.05) is 47.4 Å². The summed E-state index contributed by atoms with van der Waals surface area (Å²) < 4.78 is 0. The fourth-order valence-corrected chi connectivity index (χ4v) is 5.26. The van der Waals surface area contributed by atoms with Crippen molar-refractivity contribution < 1.29 is 19.5 Å². The fourth-order valence-electron chi connectivity index (χ4n) is 5.26. The first-order valence-corrected chi connectivity index (χ1v) is 11.5. The van der Waals surface area contributed by atoms with Crippen LogP contribution in [0, 0.1) is 5.92 Å². The molecule has 2 N–H and O–H groups in total. The number of rotatable bonds is 7. The molecule has 6 nitrogen and oxygen atoms in total. The first kappa shape index (κ1) is 22.1. The van der Waals surface area contributed by atoms with Gasteiger partial charge in [0.1, 0.15) is 0 Å². The Balaban J connectivity index is 1.60. The molecule has 0 saturated heterocycles. The number of para-hydroxylation sites is 1. The van der Waals surface area contributed by atoms with Gasteiger partial charge in [-0.2, -0.15) is 0 Å². The van der Waals surface area contributed by atoms with E-state index in [9.17, 15) is 14.4 Å². The lowest BCUT2D eigenvalue weighted by Crippen LogP contribution is -2.49. The van der Waals surface area contributed by atoms with Crippen LogP contribution in [0.4, 0.5) is 5.69 Å². The zero-order valence-corrected chi connectivity index (χ0v) is 18.4. The number of carboxylic acid groups (broad SMARTS) is 1. The second-order valence-electron chi connectivity index (χ2n) is 8.75. The van der Waals surface area contributed by atoms with Crippen molar-refractivity contribution in [2.24, 2.45) is 5.92 Å². The van der Waals surface area contributed by atoms with Crippen molar-refractivity contribution in [1.82, 2.24) is 5.32 Å². The Morgan fingerprint density at radius 3 is 2.50 bits per heavy atom. The molecule has 0 radical (unpaired) electrons. The predicted molar refractivity (Wildman–Crippen MR) is 123 cm³/mol. The summed E-state index contributed by atoms with van der Waals surface area (Å²) in [5.74, 6) is -0.808. The molecule has 1 heterocycles. The molecule has 1 saturated carbocycles. The van der Waals surface area contributed by atoms with Crippen LogP contribution in [0.15, 0.2) is 48.5 Å². The summed E-state index contributed by atoms with van der Waals surface area (Å²) in [6.07, 6.45) is 3.75. The number of hydrogen-bond donors (Lipinski definition) is 2. The molecule has 2 amide bonds. The molecule has 1 aliphatic heterocycles. The minimum Gasteiger partial charge on any atom is -0.481 e. The van der Waals surface area contributed by atoms with E-state index in [0.717, 1.165) is 36.9 Å². The van der Waals surface area contributed by atoms with Gasteiger partial charge in [0.25, 0.3) is 5.91 Å². The number of aryl methyl sites for hydroxylation is 1. The second kappa shape index (κ2) is 9.55. The number of hydrogen-bond acceptors (Lipinski definition) is 3. The average Bonchev–Trinajstić information content (AvgIpc) is 3.29. The van der Waals surface area contributed by atoms with Crippen LogP contribution >= 0.6 is 0 Å². The fraction of sp³-hybridized carbons (Fsp3) is 0.423. The van der Waals surface area contributed by atoms with E-state index in [-0.39, 0.29) is 42.5 Å². The van der Waals surface area contributed by atoms with Crippen molar-refractivity contribution in [3.63, 3.8) is 0 Å². The molecule has 3 atom stereocenters. The quantitative estimate of drug-likeness (QED) is 0.686. The Kier molecular flexibility index (Phi) is 6.58. The number of aliphatic carboxylic acids is 1. The number of carboxylic acids is 1. The van der Waals surface area contributed by atoms with Crippen molar-refractivity contribution >= 4 is 23.5 Å². The Morgan fingerprint density at radius 1 is 1.03 bits per heavy atom. The van der Waals surface area contributed by atoms with E-state index in [1.54, 1.807) is 0 Å². The third-order valence-corrected chi connectivity index (χ3v) is 6.89. The summed E-state index contributed by atoms with van der Waals surface area (Å²) in [7, 11) is 0. The van der Waals surface area contributed by atoms with Gasteiger partial charge in [-0.3, -0.25) is 14.4 Å². The van der Waals surface area contributed by atoms with Crippen molar-refractivity contribution in [2.45, 2.75) is 57.4 Å². The number of nitrogens with zero attached hydrogens (tertiary/aromatic N) is 1. The summed E-state index contributed by atoms with van der Waals surface area (Å²) in [6, 6.07) is 16.0. The highest BCUT2D eigenvalue weighted by molar-refractivity contribution is 6.07. The van der Waals surface area contributed by atoms with Gasteiger partial charge >= 0.3 is 5.97 Å². The molecule has 2 aromatic carbocycles. The zero-order valence-electron chi connectivity index (χ0n) is 18.4. The van der Waals surface area contributed by atoms with Crippen LogP contribution in [-0.2, 0) is 16.0 Å². The lowest BCUT2D eigenvalue weighted by atomic mass is 9.77. The predicted octanol–water partition coefficient (Wildman–Crippen LogP) is 4.14. The molecule has 0 aromatic heterocycles. The molecular formula is C26H30N2O4. The highest BCUT2D eigenvalue weighted by Crippen LogP contribution is 2.49. The maximum Gasteiger partial charge on any atom is 0.303 e. The summed E-state index contributed by atoms with van der Waals surface area (Å²) >= 11 is 0. The van der Waals surface area contributed by atoms with Crippen LogP contribution in [0.5, 0.6) is 0 Å². The Morgan fingerprint density at radius 2 is 1.78 bits per heavy atom. The molecule has 0 spiro atoms. The van der Waals surface area contributed by atoms with Gasteiger partial charge < -0.3 is 15.3 Å². The largest absolute Gasteiger partial charge is 0.481 e. The van der Waals surface area contributed by atoms with Crippen LogP contribution in [0.2, 0.25) is 0 Å². The first-order valence-electron chi connectivity index (χ1n) is 11.5. The number of carbonyl (C=O) groups is 3. The molecule has 6 heteroatoms. The highest BCUT2D eigenvalue weighted by Gasteiger charge is 2.45. The van der Waals surface area contributed by atoms with Crippen molar-refractivity contribution in [1.29, 1.82) is 0 Å². The summed E-state index contributed by atoms with van der Waals surface area (Å²) in [5, 5.41) is 11.8. The monoisotopic (exact) mass is 434 g/mol. The second-order valence-corrected chi connectivity index (χ2v) is 8.75. The third-order valence-electron chi connectivity index (χ3n) is 6.89. The van der Waals surface area contributed by atoms with Gasteiger partial charge in [0.05, 0.1) is 6.42 Å². The average molecular weight is 435 g/mol. The van der Waals surface area contributed by atoms with E-state index < -0.39 is 5.97 Å². The maximum absolute atomic E-state index is 13.6. The molecule has 32 heavy (non-hydrogen) atoms. The van der Waals surface area contributed by atoms with Crippen LogP contribution in [-0.4, -0.2) is 35.5 Å². The standard InChI is InChI=1S/C26H30N2O4/c1-2-17-10-12-18(13-11-17)26(32)28-22-8-4-3-6-19(22)21(20-7-5-9-23(20)28)16-27-24(29)14-15-25(30)31/h3-4,6,8,10-13,20-21,23H,2,5,7,9,14-16H2,1H3,(H,27,29)(H,30,31)/t20-,21+,23-/m1/s1. The lowest BCUT2D eigenvalue weighted by Gasteiger charge is -2.44. The molecule has 0 unspecified atom stereocenters. The van der Waals surface area contributed by atoms with Gasteiger partial charge in [0.2, 0.25) is 5.91 Å². The minimum absolute atomic E-state index is 0.0177. The van der Waals surface area contributed by atoms with E-state index in [1.165, 1.54) is 5.56 Å². The van der Waals surface area contributed by atoms with Gasteiger partial charge in [-0.05, 0) is 54.5 Å². The molecule has 1 aliphatic carbocycles. The van der Waals surface area contributed by atoms with Crippen molar-refractivity contribution in [3.05, 3.63) is 65.2 Å². The zero-order chi connectivity index (χ0) is 22.7. The maximum atomic E-state index is 13.6.